The van der Waals surface area contributed by atoms with Crippen LogP contribution in [0, 0.1) is 26.7 Å². The SMILES string of the molecule is Cc1cc(C)c(S(=O)(=O)NCC(C)CC(=O)O)c(C)c1. The summed E-state index contributed by atoms with van der Waals surface area (Å²) >= 11 is 0. The van der Waals surface area contributed by atoms with E-state index in [-0.39, 0.29) is 23.8 Å². The van der Waals surface area contributed by atoms with Crippen molar-refractivity contribution in [2.75, 3.05) is 6.54 Å². The predicted molar refractivity (Wildman–Crippen MR) is 77.3 cm³/mol. The number of nitrogens with one attached hydrogen (secondary N) is 1. The van der Waals surface area contributed by atoms with Crippen LogP contribution in [0.4, 0.5) is 0 Å². The molecule has 0 aromatic heterocycles. The van der Waals surface area contributed by atoms with E-state index in [4.69, 9.17) is 5.11 Å². The van der Waals surface area contributed by atoms with Crippen molar-refractivity contribution in [3.63, 3.8) is 0 Å². The van der Waals surface area contributed by atoms with Gasteiger partial charge in [0.05, 0.1) is 4.90 Å². The molecule has 1 aromatic rings. The highest BCUT2D eigenvalue weighted by Gasteiger charge is 2.20. The molecule has 1 aromatic carbocycles. The van der Waals surface area contributed by atoms with Gasteiger partial charge in [0.1, 0.15) is 0 Å². The molecule has 0 radical (unpaired) electrons. The van der Waals surface area contributed by atoms with Gasteiger partial charge in [-0.3, -0.25) is 4.79 Å². The molecule has 0 bridgehead atoms. The monoisotopic (exact) mass is 299 g/mol. The highest BCUT2D eigenvalue weighted by molar-refractivity contribution is 7.89. The van der Waals surface area contributed by atoms with Crippen LogP contribution in [-0.2, 0) is 14.8 Å². The van der Waals surface area contributed by atoms with E-state index in [1.807, 2.05) is 19.1 Å². The van der Waals surface area contributed by atoms with Gasteiger partial charge in [-0.05, 0) is 37.8 Å². The van der Waals surface area contributed by atoms with Crippen LogP contribution in [0.1, 0.15) is 30.0 Å². The molecule has 1 rings (SSSR count). The predicted octanol–water partition coefficient (Wildman–Crippen LogP) is 2.00. The summed E-state index contributed by atoms with van der Waals surface area (Å²) in [5, 5.41) is 8.67. The number of hydrogen-bond acceptors (Lipinski definition) is 3. The molecule has 0 aliphatic rings. The van der Waals surface area contributed by atoms with Gasteiger partial charge in [0, 0.05) is 13.0 Å². The summed E-state index contributed by atoms with van der Waals surface area (Å²) in [6, 6.07) is 3.64. The Morgan fingerprint density at radius 2 is 1.75 bits per heavy atom. The minimum atomic E-state index is -3.61. The van der Waals surface area contributed by atoms with Gasteiger partial charge >= 0.3 is 5.97 Å². The van der Waals surface area contributed by atoms with E-state index in [0.717, 1.165) is 5.56 Å². The van der Waals surface area contributed by atoms with Crippen molar-refractivity contribution in [2.24, 2.45) is 5.92 Å². The molecule has 2 N–H and O–H groups in total. The van der Waals surface area contributed by atoms with Gasteiger partial charge in [0.15, 0.2) is 0 Å². The second-order valence-electron chi connectivity index (χ2n) is 5.28. The summed E-state index contributed by atoms with van der Waals surface area (Å²) in [6.45, 7) is 7.25. The highest BCUT2D eigenvalue weighted by Crippen LogP contribution is 2.21. The lowest BCUT2D eigenvalue weighted by atomic mass is 10.1. The summed E-state index contributed by atoms with van der Waals surface area (Å²) in [5.41, 5.74) is 2.40. The zero-order valence-corrected chi connectivity index (χ0v) is 13.0. The van der Waals surface area contributed by atoms with Crippen molar-refractivity contribution in [3.05, 3.63) is 28.8 Å². The van der Waals surface area contributed by atoms with Crippen molar-refractivity contribution in [1.82, 2.24) is 4.72 Å². The quantitative estimate of drug-likeness (QED) is 0.841. The lowest BCUT2D eigenvalue weighted by Crippen LogP contribution is -2.30. The number of sulfonamides is 1. The number of carbonyl (C=O) groups is 1. The molecule has 0 saturated carbocycles. The third-order valence-electron chi connectivity index (χ3n) is 3.02. The van der Waals surface area contributed by atoms with E-state index in [0.29, 0.717) is 11.1 Å². The van der Waals surface area contributed by atoms with Crippen molar-refractivity contribution < 1.29 is 18.3 Å². The highest BCUT2D eigenvalue weighted by atomic mass is 32.2. The molecule has 0 spiro atoms. The van der Waals surface area contributed by atoms with Gasteiger partial charge in [-0.25, -0.2) is 13.1 Å². The lowest BCUT2D eigenvalue weighted by Gasteiger charge is -2.15. The van der Waals surface area contributed by atoms with Gasteiger partial charge in [-0.2, -0.15) is 0 Å². The number of rotatable bonds is 6. The Kier molecular flexibility index (Phi) is 5.30. The molecule has 6 heteroatoms. The maximum atomic E-state index is 12.3. The van der Waals surface area contributed by atoms with Crippen molar-refractivity contribution in [3.8, 4) is 0 Å². The number of carboxylic acid groups (broad SMARTS) is 1. The van der Waals surface area contributed by atoms with Crippen LogP contribution < -0.4 is 4.72 Å². The third-order valence-corrected chi connectivity index (χ3v) is 4.75. The average Bonchev–Trinajstić information content (AvgIpc) is 2.23. The fourth-order valence-electron chi connectivity index (χ4n) is 2.29. The second-order valence-corrected chi connectivity index (χ2v) is 6.99. The number of aryl methyl sites for hydroxylation is 3. The molecule has 5 nitrogen and oxygen atoms in total. The number of carboxylic acids is 1. The second kappa shape index (κ2) is 6.37. The zero-order chi connectivity index (χ0) is 15.5. The number of benzene rings is 1. The van der Waals surface area contributed by atoms with E-state index in [1.165, 1.54) is 0 Å². The molecule has 112 valence electrons. The molecule has 0 aliphatic heterocycles. The van der Waals surface area contributed by atoms with E-state index in [1.54, 1.807) is 20.8 Å². The van der Waals surface area contributed by atoms with Crippen LogP contribution in [0.25, 0.3) is 0 Å². The first kappa shape index (κ1) is 16.7. The Hall–Kier alpha value is -1.40. The molecule has 0 heterocycles. The zero-order valence-electron chi connectivity index (χ0n) is 12.2. The van der Waals surface area contributed by atoms with E-state index in [2.05, 4.69) is 4.72 Å². The maximum Gasteiger partial charge on any atom is 0.303 e. The number of aliphatic carboxylic acids is 1. The average molecular weight is 299 g/mol. The number of hydrogen-bond donors (Lipinski definition) is 2. The summed E-state index contributed by atoms with van der Waals surface area (Å²) < 4.78 is 27.1. The Morgan fingerprint density at radius 3 is 2.20 bits per heavy atom. The molecule has 1 unspecified atom stereocenters. The summed E-state index contributed by atoms with van der Waals surface area (Å²) in [5.74, 6) is -1.19. The molecular weight excluding hydrogens is 278 g/mol. The van der Waals surface area contributed by atoms with Gasteiger partial charge in [0.2, 0.25) is 10.0 Å². The van der Waals surface area contributed by atoms with Crippen molar-refractivity contribution in [2.45, 2.75) is 39.0 Å². The van der Waals surface area contributed by atoms with Crippen LogP contribution in [0.5, 0.6) is 0 Å². The Balaban J connectivity index is 2.93. The summed E-state index contributed by atoms with van der Waals surface area (Å²) in [7, 11) is -3.61. The Bertz CT molecular complexity index is 585. The normalized spacial score (nSPS) is 13.2. The van der Waals surface area contributed by atoms with Crippen LogP contribution in [-0.4, -0.2) is 26.0 Å². The van der Waals surface area contributed by atoms with Gasteiger partial charge in [0.25, 0.3) is 0 Å². The van der Waals surface area contributed by atoms with Crippen molar-refractivity contribution in [1.29, 1.82) is 0 Å². The van der Waals surface area contributed by atoms with Crippen LogP contribution in [0.2, 0.25) is 0 Å². The van der Waals surface area contributed by atoms with E-state index < -0.39 is 16.0 Å². The molecule has 0 amide bonds. The van der Waals surface area contributed by atoms with E-state index >= 15 is 0 Å². The Morgan fingerprint density at radius 1 is 1.25 bits per heavy atom. The minimum absolute atomic E-state index is 0.0611. The lowest BCUT2D eigenvalue weighted by molar-refractivity contribution is -0.137. The van der Waals surface area contributed by atoms with E-state index in [9.17, 15) is 13.2 Å². The fourth-order valence-corrected chi connectivity index (χ4v) is 3.90. The summed E-state index contributed by atoms with van der Waals surface area (Å²) in [6.07, 6.45) is -0.0611. The van der Waals surface area contributed by atoms with Gasteiger partial charge < -0.3 is 5.11 Å². The van der Waals surface area contributed by atoms with Crippen LogP contribution >= 0.6 is 0 Å². The smallest absolute Gasteiger partial charge is 0.303 e. The fraction of sp³-hybridized carbons (Fsp3) is 0.500. The molecule has 0 saturated heterocycles. The first-order valence-electron chi connectivity index (χ1n) is 6.42. The molecule has 0 fully saturated rings. The molecule has 20 heavy (non-hydrogen) atoms. The largest absolute Gasteiger partial charge is 0.481 e. The minimum Gasteiger partial charge on any atom is -0.481 e. The molecule has 1 atom stereocenters. The Labute approximate surface area is 120 Å². The first-order valence-corrected chi connectivity index (χ1v) is 7.91. The topological polar surface area (TPSA) is 83.5 Å². The van der Waals surface area contributed by atoms with Gasteiger partial charge in [-0.1, -0.05) is 24.6 Å². The summed E-state index contributed by atoms with van der Waals surface area (Å²) in [4.78, 5) is 10.9. The molecular formula is C14H21NO4S. The first-order chi connectivity index (χ1) is 9.13. The maximum absolute atomic E-state index is 12.3. The van der Waals surface area contributed by atoms with Gasteiger partial charge in [-0.15, -0.1) is 0 Å². The van der Waals surface area contributed by atoms with Crippen molar-refractivity contribution >= 4 is 16.0 Å². The molecule has 0 aliphatic carbocycles. The van der Waals surface area contributed by atoms with Crippen LogP contribution in [0.15, 0.2) is 17.0 Å². The van der Waals surface area contributed by atoms with Crippen LogP contribution in [0.3, 0.4) is 0 Å². The third kappa shape index (κ3) is 4.31. The standard InChI is InChI=1S/C14H21NO4S/c1-9-5-11(3)14(12(4)6-9)20(18,19)15-8-10(2)7-13(16)17/h5-6,10,15H,7-8H2,1-4H3,(H,16,17).